The monoisotopic (exact) mass is 319 g/mol. The molecule has 0 saturated carbocycles. The zero-order valence-electron chi connectivity index (χ0n) is 12.3. The minimum Gasteiger partial charge on any atom is -0.477 e. The maximum Gasteiger partial charge on any atom is 0.278 e. The number of likely N-dealkylation sites (tertiary alicyclic amines) is 1. The molecular formula is C15H17N3O3S. The highest BCUT2D eigenvalue weighted by Crippen LogP contribution is 2.24. The summed E-state index contributed by atoms with van der Waals surface area (Å²) in [4.78, 5) is 22.5. The van der Waals surface area contributed by atoms with Gasteiger partial charge in [0.05, 0.1) is 19.2 Å². The van der Waals surface area contributed by atoms with Gasteiger partial charge in [0.2, 0.25) is 0 Å². The highest BCUT2D eigenvalue weighted by molar-refractivity contribution is 7.08. The lowest BCUT2D eigenvalue weighted by atomic mass is 10.1. The fourth-order valence-corrected chi connectivity index (χ4v) is 3.11. The first-order chi connectivity index (χ1) is 10.8. The summed E-state index contributed by atoms with van der Waals surface area (Å²) in [7, 11) is 1.53. The molecule has 0 aromatic carbocycles. The molecule has 1 saturated heterocycles. The first kappa shape index (κ1) is 14.8. The number of carbonyl (C=O) groups excluding carboxylic acids is 1. The van der Waals surface area contributed by atoms with Crippen LogP contribution in [0.25, 0.3) is 0 Å². The van der Waals surface area contributed by atoms with Crippen LogP contribution in [0.15, 0.2) is 29.2 Å². The molecule has 1 aliphatic heterocycles. The molecule has 7 heteroatoms. The van der Waals surface area contributed by atoms with Gasteiger partial charge in [-0.2, -0.15) is 11.3 Å². The van der Waals surface area contributed by atoms with Crippen molar-refractivity contribution in [3.8, 4) is 11.8 Å². The number of hydrogen-bond acceptors (Lipinski definition) is 6. The van der Waals surface area contributed by atoms with Gasteiger partial charge in [-0.05, 0) is 24.3 Å². The summed E-state index contributed by atoms with van der Waals surface area (Å²) >= 11 is 1.53. The average molecular weight is 319 g/mol. The number of thiophene rings is 1. The number of rotatable bonds is 4. The van der Waals surface area contributed by atoms with E-state index in [1.807, 2.05) is 21.7 Å². The molecule has 1 amide bonds. The lowest BCUT2D eigenvalue weighted by Gasteiger charge is -2.32. The van der Waals surface area contributed by atoms with Crippen LogP contribution < -0.4 is 9.47 Å². The fraction of sp³-hybridized carbons (Fsp3) is 0.400. The Morgan fingerprint density at radius 3 is 2.91 bits per heavy atom. The van der Waals surface area contributed by atoms with Gasteiger partial charge in [0.15, 0.2) is 0 Å². The van der Waals surface area contributed by atoms with Gasteiger partial charge in [-0.25, -0.2) is 9.97 Å². The Balaban J connectivity index is 1.67. The molecule has 0 N–H and O–H groups in total. The van der Waals surface area contributed by atoms with Crippen molar-refractivity contribution in [2.75, 3.05) is 20.2 Å². The van der Waals surface area contributed by atoms with E-state index in [1.165, 1.54) is 18.4 Å². The number of methoxy groups -OCH3 is 1. The third-order valence-electron chi connectivity index (χ3n) is 3.54. The van der Waals surface area contributed by atoms with Gasteiger partial charge in [-0.3, -0.25) is 4.79 Å². The summed E-state index contributed by atoms with van der Waals surface area (Å²) in [5.41, 5.74) is 0.739. The summed E-state index contributed by atoms with van der Waals surface area (Å²) < 4.78 is 11.0. The molecule has 2 aromatic rings. The van der Waals surface area contributed by atoms with Gasteiger partial charge in [-0.1, -0.05) is 0 Å². The lowest BCUT2D eigenvalue weighted by molar-refractivity contribution is 0.0520. The van der Waals surface area contributed by atoms with Crippen molar-refractivity contribution in [2.45, 2.75) is 18.9 Å². The predicted molar refractivity (Wildman–Crippen MR) is 82.5 cm³/mol. The van der Waals surface area contributed by atoms with E-state index in [2.05, 4.69) is 9.97 Å². The number of hydrogen-bond donors (Lipinski definition) is 0. The molecule has 116 valence electrons. The molecule has 2 aromatic heterocycles. The SMILES string of the molecule is COc1nccnc1O[C@H]1CCCN(C(=O)c2ccsc2)C1. The number of ether oxygens (including phenoxy) is 2. The van der Waals surface area contributed by atoms with E-state index >= 15 is 0 Å². The van der Waals surface area contributed by atoms with Crippen LogP contribution >= 0.6 is 11.3 Å². The highest BCUT2D eigenvalue weighted by atomic mass is 32.1. The third kappa shape index (κ3) is 3.19. The Hall–Kier alpha value is -2.15. The fourth-order valence-electron chi connectivity index (χ4n) is 2.48. The van der Waals surface area contributed by atoms with Gasteiger partial charge in [0.1, 0.15) is 6.10 Å². The summed E-state index contributed by atoms with van der Waals surface area (Å²) in [5.74, 6) is 0.796. The maximum atomic E-state index is 12.4. The summed E-state index contributed by atoms with van der Waals surface area (Å²) in [6, 6.07) is 1.85. The highest BCUT2D eigenvalue weighted by Gasteiger charge is 2.27. The van der Waals surface area contributed by atoms with Crippen LogP contribution in [-0.4, -0.2) is 47.1 Å². The summed E-state index contributed by atoms with van der Waals surface area (Å²) in [6.07, 6.45) is 4.81. The molecule has 3 heterocycles. The van der Waals surface area contributed by atoms with E-state index in [4.69, 9.17) is 9.47 Å². The zero-order chi connectivity index (χ0) is 15.4. The first-order valence-electron chi connectivity index (χ1n) is 7.11. The second-order valence-corrected chi connectivity index (χ2v) is 5.80. The lowest BCUT2D eigenvalue weighted by Crippen LogP contribution is -2.44. The molecule has 0 spiro atoms. The van der Waals surface area contributed by atoms with E-state index in [-0.39, 0.29) is 12.0 Å². The van der Waals surface area contributed by atoms with E-state index < -0.39 is 0 Å². The maximum absolute atomic E-state index is 12.4. The van der Waals surface area contributed by atoms with Crippen LogP contribution in [0, 0.1) is 0 Å². The van der Waals surface area contributed by atoms with Crippen molar-refractivity contribution < 1.29 is 14.3 Å². The van der Waals surface area contributed by atoms with Crippen molar-refractivity contribution in [1.29, 1.82) is 0 Å². The molecule has 0 radical (unpaired) electrons. The Kier molecular flexibility index (Phi) is 4.53. The molecule has 22 heavy (non-hydrogen) atoms. The predicted octanol–water partition coefficient (Wildman–Crippen LogP) is 2.23. The molecule has 3 rings (SSSR count). The molecule has 6 nitrogen and oxygen atoms in total. The molecule has 1 fully saturated rings. The second kappa shape index (κ2) is 6.74. The van der Waals surface area contributed by atoms with Crippen molar-refractivity contribution >= 4 is 17.2 Å². The van der Waals surface area contributed by atoms with Crippen LogP contribution in [0.5, 0.6) is 11.8 Å². The number of aromatic nitrogens is 2. The number of amides is 1. The van der Waals surface area contributed by atoms with Crippen LogP contribution in [-0.2, 0) is 0 Å². The standard InChI is InChI=1S/C15H17N3O3S/c1-20-13-14(17-6-5-16-13)21-12-3-2-7-18(9-12)15(19)11-4-8-22-10-11/h4-6,8,10,12H,2-3,7,9H2,1H3/t12-/m0/s1. The Morgan fingerprint density at radius 1 is 1.36 bits per heavy atom. The van der Waals surface area contributed by atoms with Gasteiger partial charge in [0, 0.05) is 24.3 Å². The molecule has 1 aliphatic rings. The minimum atomic E-state index is -0.0954. The molecule has 1 atom stereocenters. The van der Waals surface area contributed by atoms with E-state index in [0.717, 1.165) is 24.9 Å². The molecule has 0 unspecified atom stereocenters. The minimum absolute atomic E-state index is 0.0562. The van der Waals surface area contributed by atoms with Gasteiger partial charge >= 0.3 is 0 Å². The quantitative estimate of drug-likeness (QED) is 0.864. The van der Waals surface area contributed by atoms with Crippen LogP contribution in [0.3, 0.4) is 0 Å². The number of nitrogens with zero attached hydrogens (tertiary/aromatic N) is 3. The molecular weight excluding hydrogens is 302 g/mol. The number of carbonyl (C=O) groups is 1. The largest absolute Gasteiger partial charge is 0.477 e. The topological polar surface area (TPSA) is 64.6 Å². The van der Waals surface area contributed by atoms with Gasteiger partial charge < -0.3 is 14.4 Å². The second-order valence-electron chi connectivity index (χ2n) is 5.02. The van der Waals surface area contributed by atoms with Gasteiger partial charge in [0.25, 0.3) is 17.7 Å². The van der Waals surface area contributed by atoms with Gasteiger partial charge in [-0.15, -0.1) is 0 Å². The Bertz CT molecular complexity index is 633. The zero-order valence-corrected chi connectivity index (χ0v) is 13.1. The normalized spacial score (nSPS) is 18.0. The van der Waals surface area contributed by atoms with Crippen LogP contribution in [0.4, 0.5) is 0 Å². The van der Waals surface area contributed by atoms with Crippen molar-refractivity contribution in [3.63, 3.8) is 0 Å². The van der Waals surface area contributed by atoms with Crippen LogP contribution in [0.2, 0.25) is 0 Å². The summed E-state index contributed by atoms with van der Waals surface area (Å²) in [6.45, 7) is 1.31. The van der Waals surface area contributed by atoms with Crippen molar-refractivity contribution in [3.05, 3.63) is 34.8 Å². The van der Waals surface area contributed by atoms with E-state index in [9.17, 15) is 4.79 Å². The van der Waals surface area contributed by atoms with Crippen LogP contribution in [0.1, 0.15) is 23.2 Å². The smallest absolute Gasteiger partial charge is 0.278 e. The number of piperidine rings is 1. The third-order valence-corrected chi connectivity index (χ3v) is 4.22. The molecule has 0 aliphatic carbocycles. The van der Waals surface area contributed by atoms with E-state index in [0.29, 0.717) is 18.3 Å². The summed E-state index contributed by atoms with van der Waals surface area (Å²) in [5, 5.41) is 3.79. The van der Waals surface area contributed by atoms with E-state index in [1.54, 1.807) is 12.4 Å². The van der Waals surface area contributed by atoms with Crippen molar-refractivity contribution in [2.24, 2.45) is 0 Å². The average Bonchev–Trinajstić information content (AvgIpc) is 3.09. The Morgan fingerprint density at radius 2 is 2.18 bits per heavy atom. The Labute approximate surface area is 132 Å². The first-order valence-corrected chi connectivity index (χ1v) is 8.05. The molecule has 0 bridgehead atoms. The van der Waals surface area contributed by atoms with Crippen molar-refractivity contribution in [1.82, 2.24) is 14.9 Å².